The van der Waals surface area contributed by atoms with Crippen LogP contribution in [0.3, 0.4) is 0 Å². The molecule has 1 aromatic heterocycles. The van der Waals surface area contributed by atoms with Crippen LogP contribution in [0.1, 0.15) is 19.2 Å². The van der Waals surface area contributed by atoms with Gasteiger partial charge in [0, 0.05) is 32.6 Å². The highest BCUT2D eigenvalue weighted by Crippen LogP contribution is 2.17. The molecule has 1 saturated heterocycles. The first kappa shape index (κ1) is 12.1. The maximum atomic E-state index is 5.35. The van der Waals surface area contributed by atoms with Gasteiger partial charge in [-0.2, -0.15) is 0 Å². The number of hydrogen-bond donors (Lipinski definition) is 1. The van der Waals surface area contributed by atoms with Gasteiger partial charge in [0.1, 0.15) is 17.5 Å². The van der Waals surface area contributed by atoms with E-state index in [0.29, 0.717) is 0 Å². The third kappa shape index (κ3) is 3.06. The fourth-order valence-electron chi connectivity index (χ4n) is 1.90. The largest absolute Gasteiger partial charge is 0.378 e. The number of anilines is 2. The van der Waals surface area contributed by atoms with Crippen molar-refractivity contribution in [1.82, 2.24) is 9.97 Å². The second-order valence-electron chi connectivity index (χ2n) is 4.13. The molecule has 2 heterocycles. The Kier molecular flexibility index (Phi) is 4.14. The molecular weight excluding hydrogens is 216 g/mol. The normalized spacial score (nSPS) is 16.0. The van der Waals surface area contributed by atoms with Gasteiger partial charge in [0.05, 0.1) is 13.2 Å². The molecule has 1 fully saturated rings. The first-order valence-corrected chi connectivity index (χ1v) is 6.22. The van der Waals surface area contributed by atoms with E-state index in [1.165, 1.54) is 0 Å². The van der Waals surface area contributed by atoms with E-state index in [2.05, 4.69) is 27.1 Å². The van der Waals surface area contributed by atoms with Gasteiger partial charge in [-0.1, -0.05) is 6.92 Å². The quantitative estimate of drug-likeness (QED) is 0.854. The van der Waals surface area contributed by atoms with E-state index in [1.807, 2.05) is 13.1 Å². The van der Waals surface area contributed by atoms with E-state index in [4.69, 9.17) is 4.74 Å². The van der Waals surface area contributed by atoms with Crippen molar-refractivity contribution in [3.8, 4) is 0 Å². The SMILES string of the molecule is CCCc1nc(NC)cc(N2CCOCC2)n1. The molecule has 1 aromatic rings. The van der Waals surface area contributed by atoms with Crippen molar-refractivity contribution in [3.05, 3.63) is 11.9 Å². The molecule has 1 aliphatic rings. The van der Waals surface area contributed by atoms with Crippen LogP contribution in [-0.4, -0.2) is 43.3 Å². The van der Waals surface area contributed by atoms with E-state index >= 15 is 0 Å². The zero-order chi connectivity index (χ0) is 12.1. The van der Waals surface area contributed by atoms with Gasteiger partial charge >= 0.3 is 0 Å². The van der Waals surface area contributed by atoms with Crippen molar-refractivity contribution in [2.45, 2.75) is 19.8 Å². The molecule has 0 radical (unpaired) electrons. The zero-order valence-electron chi connectivity index (χ0n) is 10.6. The lowest BCUT2D eigenvalue weighted by Gasteiger charge is -2.28. The van der Waals surface area contributed by atoms with E-state index in [1.54, 1.807) is 0 Å². The monoisotopic (exact) mass is 236 g/mol. The van der Waals surface area contributed by atoms with Crippen molar-refractivity contribution < 1.29 is 4.74 Å². The lowest BCUT2D eigenvalue weighted by molar-refractivity contribution is 0.122. The summed E-state index contributed by atoms with van der Waals surface area (Å²) in [5, 5.41) is 3.10. The number of rotatable bonds is 4. The molecule has 17 heavy (non-hydrogen) atoms. The van der Waals surface area contributed by atoms with Gasteiger partial charge in [-0.25, -0.2) is 9.97 Å². The Morgan fingerprint density at radius 2 is 2.12 bits per heavy atom. The second-order valence-corrected chi connectivity index (χ2v) is 4.13. The van der Waals surface area contributed by atoms with Crippen LogP contribution in [0.15, 0.2) is 6.07 Å². The van der Waals surface area contributed by atoms with Gasteiger partial charge < -0.3 is 15.0 Å². The van der Waals surface area contributed by atoms with E-state index < -0.39 is 0 Å². The summed E-state index contributed by atoms with van der Waals surface area (Å²) in [4.78, 5) is 11.3. The van der Waals surface area contributed by atoms with E-state index in [9.17, 15) is 0 Å². The highest BCUT2D eigenvalue weighted by Gasteiger charge is 2.14. The summed E-state index contributed by atoms with van der Waals surface area (Å²) in [5.74, 6) is 2.82. The lowest BCUT2D eigenvalue weighted by atomic mass is 10.3. The highest BCUT2D eigenvalue weighted by atomic mass is 16.5. The molecule has 94 valence electrons. The number of aryl methyl sites for hydroxylation is 1. The minimum atomic E-state index is 0.780. The van der Waals surface area contributed by atoms with Crippen LogP contribution in [0, 0.1) is 0 Å². The van der Waals surface area contributed by atoms with Crippen molar-refractivity contribution in [1.29, 1.82) is 0 Å². The molecule has 0 aromatic carbocycles. The minimum absolute atomic E-state index is 0.780. The fraction of sp³-hybridized carbons (Fsp3) is 0.667. The molecule has 1 aliphatic heterocycles. The summed E-state index contributed by atoms with van der Waals surface area (Å²) in [6, 6.07) is 2.00. The van der Waals surface area contributed by atoms with Crippen LogP contribution in [0.25, 0.3) is 0 Å². The average Bonchev–Trinajstić information content (AvgIpc) is 2.40. The van der Waals surface area contributed by atoms with Crippen molar-refractivity contribution in [2.24, 2.45) is 0 Å². The molecule has 5 nitrogen and oxygen atoms in total. The van der Waals surface area contributed by atoms with Gasteiger partial charge in [-0.15, -0.1) is 0 Å². The van der Waals surface area contributed by atoms with Gasteiger partial charge in [-0.05, 0) is 6.42 Å². The Labute approximate surface area is 102 Å². The molecule has 1 N–H and O–H groups in total. The zero-order valence-corrected chi connectivity index (χ0v) is 10.6. The Bertz CT molecular complexity index is 364. The highest BCUT2D eigenvalue weighted by molar-refractivity contribution is 5.49. The summed E-state index contributed by atoms with van der Waals surface area (Å²) in [7, 11) is 1.89. The lowest BCUT2D eigenvalue weighted by Crippen LogP contribution is -2.37. The number of nitrogens with one attached hydrogen (secondary N) is 1. The third-order valence-corrected chi connectivity index (χ3v) is 2.82. The van der Waals surface area contributed by atoms with Crippen molar-refractivity contribution in [2.75, 3.05) is 43.6 Å². The van der Waals surface area contributed by atoms with Crippen LogP contribution >= 0.6 is 0 Å². The Morgan fingerprint density at radius 1 is 1.35 bits per heavy atom. The Balaban J connectivity index is 2.21. The van der Waals surface area contributed by atoms with Crippen LogP contribution in [0.2, 0.25) is 0 Å². The van der Waals surface area contributed by atoms with Crippen LogP contribution in [-0.2, 0) is 11.2 Å². The summed E-state index contributed by atoms with van der Waals surface area (Å²) in [5.41, 5.74) is 0. The molecule has 0 spiro atoms. The summed E-state index contributed by atoms with van der Waals surface area (Å²) in [6.45, 7) is 5.52. The minimum Gasteiger partial charge on any atom is -0.378 e. The second kappa shape index (κ2) is 5.82. The predicted molar refractivity (Wildman–Crippen MR) is 68.6 cm³/mol. The van der Waals surface area contributed by atoms with Gasteiger partial charge in [0.25, 0.3) is 0 Å². The van der Waals surface area contributed by atoms with E-state index in [0.717, 1.165) is 56.6 Å². The molecular formula is C12H20N4O. The Hall–Kier alpha value is -1.36. The number of ether oxygens (including phenoxy) is 1. The summed E-state index contributed by atoms with van der Waals surface area (Å²) >= 11 is 0. The maximum Gasteiger partial charge on any atom is 0.134 e. The smallest absolute Gasteiger partial charge is 0.134 e. The standard InChI is InChI=1S/C12H20N4O/c1-3-4-10-14-11(13-2)9-12(15-10)16-5-7-17-8-6-16/h9H,3-8H2,1-2H3,(H,13,14,15). The molecule has 0 atom stereocenters. The molecule has 0 unspecified atom stereocenters. The van der Waals surface area contributed by atoms with E-state index in [-0.39, 0.29) is 0 Å². The van der Waals surface area contributed by atoms with Crippen LogP contribution in [0.5, 0.6) is 0 Å². The maximum absolute atomic E-state index is 5.35. The van der Waals surface area contributed by atoms with Crippen LogP contribution < -0.4 is 10.2 Å². The molecule has 0 aliphatic carbocycles. The number of hydrogen-bond acceptors (Lipinski definition) is 5. The average molecular weight is 236 g/mol. The molecule has 0 saturated carbocycles. The fourth-order valence-corrected chi connectivity index (χ4v) is 1.90. The van der Waals surface area contributed by atoms with Gasteiger partial charge in [0.15, 0.2) is 0 Å². The summed E-state index contributed by atoms with van der Waals surface area (Å²) in [6.07, 6.45) is 1.99. The number of aromatic nitrogens is 2. The third-order valence-electron chi connectivity index (χ3n) is 2.82. The number of morpholine rings is 1. The first-order chi connectivity index (χ1) is 8.33. The van der Waals surface area contributed by atoms with Crippen molar-refractivity contribution >= 4 is 11.6 Å². The first-order valence-electron chi connectivity index (χ1n) is 6.22. The molecule has 0 amide bonds. The molecule has 5 heteroatoms. The topological polar surface area (TPSA) is 50.3 Å². The number of nitrogens with zero attached hydrogens (tertiary/aromatic N) is 3. The predicted octanol–water partition coefficient (Wildman–Crippen LogP) is 1.31. The summed E-state index contributed by atoms with van der Waals surface area (Å²) < 4.78 is 5.35. The molecule has 2 rings (SSSR count). The Morgan fingerprint density at radius 3 is 2.76 bits per heavy atom. The van der Waals surface area contributed by atoms with Gasteiger partial charge in [0.2, 0.25) is 0 Å². The van der Waals surface area contributed by atoms with Crippen molar-refractivity contribution in [3.63, 3.8) is 0 Å². The van der Waals surface area contributed by atoms with Gasteiger partial charge in [-0.3, -0.25) is 0 Å². The molecule has 0 bridgehead atoms. The van der Waals surface area contributed by atoms with Crippen LogP contribution in [0.4, 0.5) is 11.6 Å².